The topological polar surface area (TPSA) is 61.4 Å². The van der Waals surface area contributed by atoms with Gasteiger partial charge in [-0.2, -0.15) is 5.10 Å². The van der Waals surface area contributed by atoms with E-state index in [-0.39, 0.29) is 12.6 Å². The molecule has 1 saturated heterocycles. The first-order valence-electron chi connectivity index (χ1n) is 8.96. The number of morpholine rings is 1. The predicted molar refractivity (Wildman–Crippen MR) is 102 cm³/mol. The number of aromatic amines is 1. The molecule has 2 aromatic carbocycles. The van der Waals surface area contributed by atoms with E-state index in [4.69, 9.17) is 4.74 Å². The zero-order valence-corrected chi connectivity index (χ0v) is 14.6. The van der Waals surface area contributed by atoms with Gasteiger partial charge in [0.05, 0.1) is 37.8 Å². The van der Waals surface area contributed by atoms with Crippen molar-refractivity contribution in [3.8, 4) is 22.4 Å². The van der Waals surface area contributed by atoms with Gasteiger partial charge in [-0.05, 0) is 16.7 Å². The molecule has 1 atom stereocenters. The number of H-pyrrole nitrogens is 1. The zero-order valence-electron chi connectivity index (χ0n) is 14.6. The molecule has 0 bridgehead atoms. The largest absolute Gasteiger partial charge is 0.395 e. The van der Waals surface area contributed by atoms with E-state index in [0.29, 0.717) is 13.2 Å². The monoisotopic (exact) mass is 349 g/mol. The Hall–Kier alpha value is -2.47. The molecule has 2 heterocycles. The maximum atomic E-state index is 9.57. The molecule has 0 unspecified atom stereocenters. The van der Waals surface area contributed by atoms with Crippen molar-refractivity contribution in [1.82, 2.24) is 15.1 Å². The Kier molecular flexibility index (Phi) is 5.11. The van der Waals surface area contributed by atoms with Gasteiger partial charge < -0.3 is 9.84 Å². The quantitative estimate of drug-likeness (QED) is 0.743. The summed E-state index contributed by atoms with van der Waals surface area (Å²) in [6.45, 7) is 2.97. The van der Waals surface area contributed by atoms with Gasteiger partial charge in [0, 0.05) is 18.7 Å². The SMILES string of the molecule is OC[C@H]1COCCN1Cc1cn[nH]c1-c1ccc(-c2ccccc2)cc1. The zero-order chi connectivity index (χ0) is 17.8. The summed E-state index contributed by atoms with van der Waals surface area (Å²) in [4.78, 5) is 2.26. The summed E-state index contributed by atoms with van der Waals surface area (Å²) in [6.07, 6.45) is 1.88. The van der Waals surface area contributed by atoms with Crippen LogP contribution in [0, 0.1) is 0 Å². The van der Waals surface area contributed by atoms with Crippen LogP contribution in [-0.2, 0) is 11.3 Å². The highest BCUT2D eigenvalue weighted by Gasteiger charge is 2.23. The summed E-state index contributed by atoms with van der Waals surface area (Å²) in [5.74, 6) is 0. The molecule has 4 rings (SSSR count). The minimum Gasteiger partial charge on any atom is -0.395 e. The van der Waals surface area contributed by atoms with Crippen molar-refractivity contribution in [1.29, 1.82) is 0 Å². The van der Waals surface area contributed by atoms with Crippen molar-refractivity contribution < 1.29 is 9.84 Å². The van der Waals surface area contributed by atoms with E-state index >= 15 is 0 Å². The third-order valence-corrected chi connectivity index (χ3v) is 4.93. The predicted octanol–water partition coefficient (Wildman–Crippen LogP) is 2.94. The van der Waals surface area contributed by atoms with Crippen molar-refractivity contribution in [2.24, 2.45) is 0 Å². The second-order valence-corrected chi connectivity index (χ2v) is 6.60. The normalized spacial score (nSPS) is 18.1. The summed E-state index contributed by atoms with van der Waals surface area (Å²) in [5.41, 5.74) is 5.70. The Morgan fingerprint density at radius 3 is 2.54 bits per heavy atom. The van der Waals surface area contributed by atoms with Gasteiger partial charge in [0.1, 0.15) is 0 Å². The average molecular weight is 349 g/mol. The Labute approximate surface area is 153 Å². The molecule has 0 saturated carbocycles. The Bertz CT molecular complexity index is 830. The number of aliphatic hydroxyl groups is 1. The van der Waals surface area contributed by atoms with Crippen molar-refractivity contribution >= 4 is 0 Å². The van der Waals surface area contributed by atoms with Crippen molar-refractivity contribution in [3.05, 3.63) is 66.4 Å². The van der Waals surface area contributed by atoms with Crippen LogP contribution >= 0.6 is 0 Å². The number of aromatic nitrogens is 2. The lowest BCUT2D eigenvalue weighted by molar-refractivity contribution is -0.0312. The van der Waals surface area contributed by atoms with E-state index in [2.05, 4.69) is 63.6 Å². The van der Waals surface area contributed by atoms with Gasteiger partial charge in [-0.25, -0.2) is 0 Å². The van der Waals surface area contributed by atoms with E-state index in [1.54, 1.807) is 0 Å². The average Bonchev–Trinajstić information content (AvgIpc) is 3.17. The van der Waals surface area contributed by atoms with Gasteiger partial charge in [-0.1, -0.05) is 54.6 Å². The van der Waals surface area contributed by atoms with Gasteiger partial charge in [0.2, 0.25) is 0 Å². The number of benzene rings is 2. The van der Waals surface area contributed by atoms with Crippen molar-refractivity contribution in [2.75, 3.05) is 26.4 Å². The van der Waals surface area contributed by atoms with Crippen LogP contribution in [0.5, 0.6) is 0 Å². The van der Waals surface area contributed by atoms with E-state index in [1.807, 2.05) is 12.3 Å². The van der Waals surface area contributed by atoms with Crippen LogP contribution in [0.4, 0.5) is 0 Å². The number of rotatable bonds is 5. The van der Waals surface area contributed by atoms with Crippen molar-refractivity contribution in [3.63, 3.8) is 0 Å². The molecule has 0 amide bonds. The smallest absolute Gasteiger partial charge is 0.0695 e. The lowest BCUT2D eigenvalue weighted by Crippen LogP contribution is -2.46. The first-order chi connectivity index (χ1) is 12.8. The van der Waals surface area contributed by atoms with E-state index in [0.717, 1.165) is 29.9 Å². The van der Waals surface area contributed by atoms with Gasteiger partial charge in [0.25, 0.3) is 0 Å². The van der Waals surface area contributed by atoms with Crippen LogP contribution in [0.2, 0.25) is 0 Å². The molecule has 1 aliphatic heterocycles. The molecular weight excluding hydrogens is 326 g/mol. The van der Waals surface area contributed by atoms with Crippen molar-refractivity contribution in [2.45, 2.75) is 12.6 Å². The summed E-state index contributed by atoms with van der Waals surface area (Å²) in [7, 11) is 0. The number of hydrogen-bond donors (Lipinski definition) is 2. The molecule has 1 aliphatic rings. The first-order valence-corrected chi connectivity index (χ1v) is 8.96. The number of aliphatic hydroxyl groups excluding tert-OH is 1. The molecule has 1 aromatic heterocycles. The fourth-order valence-electron chi connectivity index (χ4n) is 3.43. The molecule has 3 aromatic rings. The molecular formula is C21H23N3O2. The Morgan fingerprint density at radius 2 is 1.77 bits per heavy atom. The standard InChI is InChI=1S/C21H23N3O2/c25-14-20-15-26-11-10-24(20)13-19-12-22-23-21(19)18-8-6-17(7-9-18)16-4-2-1-3-5-16/h1-9,12,20,25H,10-11,13-15H2,(H,22,23)/t20-/m0/s1. The van der Waals surface area contributed by atoms with Crippen LogP contribution in [0.15, 0.2) is 60.8 Å². The maximum absolute atomic E-state index is 9.57. The summed E-state index contributed by atoms with van der Waals surface area (Å²) < 4.78 is 5.47. The minimum absolute atomic E-state index is 0.0481. The minimum atomic E-state index is 0.0481. The summed E-state index contributed by atoms with van der Waals surface area (Å²) in [5, 5.41) is 17.0. The third kappa shape index (κ3) is 3.55. The first kappa shape index (κ1) is 17.0. The maximum Gasteiger partial charge on any atom is 0.0695 e. The molecule has 5 nitrogen and oxygen atoms in total. The molecule has 134 valence electrons. The summed E-state index contributed by atoms with van der Waals surface area (Å²) in [6, 6.07) is 18.9. The van der Waals surface area contributed by atoms with Gasteiger partial charge in [-0.15, -0.1) is 0 Å². The summed E-state index contributed by atoms with van der Waals surface area (Å²) >= 11 is 0. The van der Waals surface area contributed by atoms with Gasteiger partial charge >= 0.3 is 0 Å². The molecule has 5 heteroatoms. The number of nitrogens with zero attached hydrogens (tertiary/aromatic N) is 2. The van der Waals surface area contributed by atoms with Crippen LogP contribution in [-0.4, -0.2) is 52.6 Å². The second-order valence-electron chi connectivity index (χ2n) is 6.60. The van der Waals surface area contributed by atoms with Crippen LogP contribution in [0.25, 0.3) is 22.4 Å². The molecule has 26 heavy (non-hydrogen) atoms. The van der Waals surface area contributed by atoms with Crippen LogP contribution in [0.1, 0.15) is 5.56 Å². The molecule has 1 fully saturated rings. The Morgan fingerprint density at radius 1 is 1.04 bits per heavy atom. The lowest BCUT2D eigenvalue weighted by Gasteiger charge is -2.34. The molecule has 0 spiro atoms. The second kappa shape index (κ2) is 7.83. The fourth-order valence-corrected chi connectivity index (χ4v) is 3.43. The van der Waals surface area contributed by atoms with E-state index in [9.17, 15) is 5.11 Å². The number of ether oxygens (including phenoxy) is 1. The number of hydrogen-bond acceptors (Lipinski definition) is 4. The van der Waals surface area contributed by atoms with Gasteiger partial charge in [-0.3, -0.25) is 10.00 Å². The molecule has 2 N–H and O–H groups in total. The molecule has 0 radical (unpaired) electrons. The third-order valence-electron chi connectivity index (χ3n) is 4.93. The van der Waals surface area contributed by atoms with Gasteiger partial charge in [0.15, 0.2) is 0 Å². The fraction of sp³-hybridized carbons (Fsp3) is 0.286. The van der Waals surface area contributed by atoms with E-state index < -0.39 is 0 Å². The van der Waals surface area contributed by atoms with Crippen LogP contribution in [0.3, 0.4) is 0 Å². The highest BCUT2D eigenvalue weighted by Crippen LogP contribution is 2.27. The molecule has 0 aliphatic carbocycles. The number of nitrogens with one attached hydrogen (secondary N) is 1. The Balaban J connectivity index is 1.55. The van der Waals surface area contributed by atoms with E-state index in [1.165, 1.54) is 11.1 Å². The van der Waals surface area contributed by atoms with Crippen LogP contribution < -0.4 is 0 Å². The highest BCUT2D eigenvalue weighted by atomic mass is 16.5. The lowest BCUT2D eigenvalue weighted by atomic mass is 10.0. The highest BCUT2D eigenvalue weighted by molar-refractivity contribution is 5.69.